The Labute approximate surface area is 124 Å². The molecule has 0 radical (unpaired) electrons. The van der Waals surface area contributed by atoms with Gasteiger partial charge in [-0.2, -0.15) is 0 Å². The first-order valence-corrected chi connectivity index (χ1v) is 6.08. The largest absolute Gasteiger partial charge is 0.508 e. The molecule has 2 rings (SSSR count). The molecule has 1 aliphatic heterocycles. The van der Waals surface area contributed by atoms with E-state index in [0.29, 0.717) is 5.56 Å². The second-order valence-corrected chi connectivity index (χ2v) is 4.20. The topological polar surface area (TPSA) is 172 Å². The molecule has 1 fully saturated rings. The number of carboxylic acid groups (broad SMARTS) is 1. The van der Waals surface area contributed by atoms with Gasteiger partial charge in [0.1, 0.15) is 18.3 Å². The Morgan fingerprint density at radius 2 is 2.05 bits per heavy atom. The number of rotatable bonds is 3. The van der Waals surface area contributed by atoms with Crippen LogP contribution < -0.4 is 5.73 Å². The van der Waals surface area contributed by atoms with E-state index in [1.165, 1.54) is 6.20 Å². The number of aliphatic hydroxyl groups is 3. The summed E-state index contributed by atoms with van der Waals surface area (Å²) < 4.78 is 8.79. The van der Waals surface area contributed by atoms with Crippen LogP contribution in [-0.2, 0) is 9.47 Å². The highest BCUT2D eigenvalue weighted by molar-refractivity contribution is 5.92. The fourth-order valence-electron chi connectivity index (χ4n) is 1.57. The van der Waals surface area contributed by atoms with Crippen LogP contribution in [0.1, 0.15) is 10.4 Å². The lowest BCUT2D eigenvalue weighted by Crippen LogP contribution is -2.35. The van der Waals surface area contributed by atoms with E-state index >= 15 is 0 Å². The van der Waals surface area contributed by atoms with Gasteiger partial charge in [0, 0.05) is 12.4 Å². The minimum Gasteiger partial charge on any atom is -0.450 e. The maximum Gasteiger partial charge on any atom is 0.508 e. The van der Waals surface area contributed by atoms with Gasteiger partial charge >= 0.3 is 6.16 Å². The minimum absolute atomic E-state index is 0.442. The van der Waals surface area contributed by atoms with E-state index in [2.05, 4.69) is 9.72 Å². The van der Waals surface area contributed by atoms with Crippen LogP contribution in [0.5, 0.6) is 0 Å². The molecule has 2 heterocycles. The zero-order valence-electron chi connectivity index (χ0n) is 11.3. The smallest absolute Gasteiger partial charge is 0.450 e. The number of nitrogens with two attached hydrogens (primary N) is 1. The SMILES string of the molecule is NC(=O)c1cccnc1.O=C(O)OC1O[C@H](CO)[C@@H](O)[C@H]1O. The van der Waals surface area contributed by atoms with E-state index in [4.69, 9.17) is 30.9 Å². The van der Waals surface area contributed by atoms with Gasteiger partial charge in [0.05, 0.1) is 12.2 Å². The first-order chi connectivity index (χ1) is 10.4. The summed E-state index contributed by atoms with van der Waals surface area (Å²) in [6.45, 7) is -0.516. The fraction of sp³-hybridized carbons (Fsp3) is 0.417. The predicted octanol–water partition coefficient (Wildman–Crippen LogP) is -1.70. The van der Waals surface area contributed by atoms with Gasteiger partial charge in [-0.05, 0) is 12.1 Å². The third-order valence-corrected chi connectivity index (χ3v) is 2.66. The first-order valence-electron chi connectivity index (χ1n) is 6.08. The van der Waals surface area contributed by atoms with Gasteiger partial charge in [-0.15, -0.1) is 0 Å². The first kappa shape index (κ1) is 17.8. The van der Waals surface area contributed by atoms with Crippen molar-refractivity contribution in [3.8, 4) is 0 Å². The monoisotopic (exact) mass is 316 g/mol. The molecule has 1 aliphatic rings. The summed E-state index contributed by atoms with van der Waals surface area (Å²) in [6.07, 6.45) is -3.85. The van der Waals surface area contributed by atoms with Crippen LogP contribution in [0.3, 0.4) is 0 Å². The lowest BCUT2D eigenvalue weighted by molar-refractivity contribution is -0.145. The quantitative estimate of drug-likeness (QED) is 0.407. The Morgan fingerprint density at radius 3 is 2.41 bits per heavy atom. The summed E-state index contributed by atoms with van der Waals surface area (Å²) in [5.41, 5.74) is 5.38. The van der Waals surface area contributed by atoms with Crippen molar-refractivity contribution in [3.05, 3.63) is 30.1 Å². The molecule has 0 saturated carbocycles. The predicted molar refractivity (Wildman–Crippen MR) is 69.6 cm³/mol. The van der Waals surface area contributed by atoms with E-state index in [-0.39, 0.29) is 0 Å². The molecule has 22 heavy (non-hydrogen) atoms. The van der Waals surface area contributed by atoms with Crippen molar-refractivity contribution >= 4 is 12.1 Å². The molecule has 1 saturated heterocycles. The molecule has 0 aliphatic carbocycles. The number of carbonyl (C=O) groups is 2. The zero-order valence-corrected chi connectivity index (χ0v) is 11.3. The third kappa shape index (κ3) is 4.93. The van der Waals surface area contributed by atoms with Gasteiger partial charge in [0.25, 0.3) is 0 Å². The molecule has 6 N–H and O–H groups in total. The Hall–Kier alpha value is -2.27. The van der Waals surface area contributed by atoms with Crippen molar-refractivity contribution in [1.82, 2.24) is 4.98 Å². The van der Waals surface area contributed by atoms with E-state index < -0.39 is 43.3 Å². The number of aromatic nitrogens is 1. The molecular formula is C12H16N2O8. The van der Waals surface area contributed by atoms with Crippen LogP contribution in [0.25, 0.3) is 0 Å². The van der Waals surface area contributed by atoms with E-state index in [1.807, 2.05) is 0 Å². The molecule has 4 atom stereocenters. The Bertz CT molecular complexity index is 497. The van der Waals surface area contributed by atoms with Gasteiger partial charge in [-0.25, -0.2) is 4.79 Å². The van der Waals surface area contributed by atoms with Gasteiger partial charge < -0.3 is 35.6 Å². The lowest BCUT2D eigenvalue weighted by atomic mass is 10.1. The standard InChI is InChI=1S/C6H6N2O.C6H10O7/c7-6(9)5-2-1-3-8-4-5;7-1-2-3(8)4(9)5(12-2)13-6(10)11/h1-4H,(H2,7,9);2-5,7-9H,1H2,(H,10,11)/t;2-,3-,4-,5?/m.1/s1. The molecule has 10 heteroatoms. The van der Waals surface area contributed by atoms with Crippen LogP contribution in [0.15, 0.2) is 24.5 Å². The number of hydrogen-bond acceptors (Lipinski definition) is 8. The van der Waals surface area contributed by atoms with Crippen LogP contribution in [-0.4, -0.2) is 68.7 Å². The number of aliphatic hydroxyl groups excluding tert-OH is 3. The van der Waals surface area contributed by atoms with Crippen molar-refractivity contribution in [2.24, 2.45) is 5.73 Å². The summed E-state index contributed by atoms with van der Waals surface area (Å²) in [5.74, 6) is -0.442. The molecular weight excluding hydrogens is 300 g/mol. The van der Waals surface area contributed by atoms with Crippen LogP contribution >= 0.6 is 0 Å². The van der Waals surface area contributed by atoms with Crippen LogP contribution in [0.2, 0.25) is 0 Å². The number of hydrogen-bond donors (Lipinski definition) is 5. The molecule has 1 amide bonds. The summed E-state index contributed by atoms with van der Waals surface area (Å²) in [6, 6.07) is 3.29. The summed E-state index contributed by atoms with van der Waals surface area (Å²) in [4.78, 5) is 24.1. The van der Waals surface area contributed by atoms with Gasteiger partial charge in [0.15, 0.2) is 0 Å². The van der Waals surface area contributed by atoms with Crippen molar-refractivity contribution < 1.29 is 39.5 Å². The number of ether oxygens (including phenoxy) is 2. The average molecular weight is 316 g/mol. The Balaban J connectivity index is 0.000000235. The van der Waals surface area contributed by atoms with Crippen molar-refractivity contribution in [1.29, 1.82) is 0 Å². The van der Waals surface area contributed by atoms with Crippen molar-refractivity contribution in [2.45, 2.75) is 24.6 Å². The third-order valence-electron chi connectivity index (χ3n) is 2.66. The normalized spacial score (nSPS) is 26.7. The summed E-state index contributed by atoms with van der Waals surface area (Å²) in [5, 5.41) is 35.1. The Kier molecular flexibility index (Phi) is 6.66. The van der Waals surface area contributed by atoms with Crippen molar-refractivity contribution in [2.75, 3.05) is 6.61 Å². The van der Waals surface area contributed by atoms with Gasteiger partial charge in [-0.1, -0.05) is 0 Å². The molecule has 10 nitrogen and oxygen atoms in total. The van der Waals surface area contributed by atoms with Gasteiger partial charge in [-0.3, -0.25) is 9.78 Å². The maximum absolute atomic E-state index is 10.4. The second kappa shape index (κ2) is 8.24. The molecule has 0 aromatic carbocycles. The zero-order chi connectivity index (χ0) is 16.7. The highest BCUT2D eigenvalue weighted by Gasteiger charge is 2.44. The second-order valence-electron chi connectivity index (χ2n) is 4.20. The molecule has 1 unspecified atom stereocenters. The number of nitrogens with zero attached hydrogens (tertiary/aromatic N) is 1. The number of primary amides is 1. The molecule has 122 valence electrons. The number of pyridine rings is 1. The lowest BCUT2D eigenvalue weighted by Gasteiger charge is -2.12. The van der Waals surface area contributed by atoms with Crippen molar-refractivity contribution in [3.63, 3.8) is 0 Å². The van der Waals surface area contributed by atoms with E-state index in [9.17, 15) is 9.59 Å². The summed E-state index contributed by atoms with van der Waals surface area (Å²) >= 11 is 0. The van der Waals surface area contributed by atoms with Crippen LogP contribution in [0.4, 0.5) is 4.79 Å². The highest BCUT2D eigenvalue weighted by Crippen LogP contribution is 2.21. The van der Waals surface area contributed by atoms with Crippen LogP contribution in [0, 0.1) is 0 Å². The van der Waals surface area contributed by atoms with E-state index in [0.717, 1.165) is 0 Å². The fourth-order valence-corrected chi connectivity index (χ4v) is 1.57. The van der Waals surface area contributed by atoms with Gasteiger partial charge in [0.2, 0.25) is 12.2 Å². The maximum atomic E-state index is 10.4. The summed E-state index contributed by atoms with van der Waals surface area (Å²) in [7, 11) is 0. The molecule has 1 aromatic heterocycles. The molecule has 0 bridgehead atoms. The molecule has 1 aromatic rings. The number of amides is 1. The van der Waals surface area contributed by atoms with E-state index in [1.54, 1.807) is 18.3 Å². The highest BCUT2D eigenvalue weighted by atomic mass is 16.8. The number of carbonyl (C=O) groups excluding carboxylic acids is 1. The Morgan fingerprint density at radius 1 is 1.36 bits per heavy atom. The average Bonchev–Trinajstić information content (AvgIpc) is 2.76. The molecule has 0 spiro atoms. The minimum atomic E-state index is -1.62.